The second-order valence-corrected chi connectivity index (χ2v) is 7.39. The number of aliphatic carboxylic acids is 1. The van der Waals surface area contributed by atoms with Crippen LogP contribution in [0.15, 0.2) is 24.3 Å². The van der Waals surface area contributed by atoms with Crippen LogP contribution >= 0.6 is 23.4 Å². The molecule has 0 saturated heterocycles. The maximum atomic E-state index is 12.0. The number of benzene rings is 1. The molecule has 0 radical (unpaired) electrons. The zero-order chi connectivity index (χ0) is 17.5. The molecule has 1 saturated carbocycles. The van der Waals surface area contributed by atoms with Gasteiger partial charge in [-0.15, -0.1) is 11.8 Å². The van der Waals surface area contributed by atoms with Crippen LogP contribution in [0.2, 0.25) is 5.02 Å². The van der Waals surface area contributed by atoms with Crippen molar-refractivity contribution in [3.05, 3.63) is 34.9 Å². The van der Waals surface area contributed by atoms with Gasteiger partial charge in [0, 0.05) is 22.9 Å². The van der Waals surface area contributed by atoms with Gasteiger partial charge in [0.2, 0.25) is 5.91 Å². The molecule has 7 heteroatoms. The highest BCUT2D eigenvalue weighted by Crippen LogP contribution is 2.25. The van der Waals surface area contributed by atoms with Crippen LogP contribution in [0.25, 0.3) is 0 Å². The van der Waals surface area contributed by atoms with Crippen LogP contribution in [0.1, 0.15) is 25.3 Å². The fraction of sp³-hybridized carbons (Fsp3) is 0.529. The van der Waals surface area contributed by atoms with E-state index in [1.165, 1.54) is 0 Å². The van der Waals surface area contributed by atoms with Crippen molar-refractivity contribution in [2.24, 2.45) is 0 Å². The van der Waals surface area contributed by atoms with Crippen molar-refractivity contribution >= 4 is 35.2 Å². The molecule has 1 amide bonds. The van der Waals surface area contributed by atoms with E-state index in [0.717, 1.165) is 24.2 Å². The number of carbonyl (C=O) groups excluding carboxylic acids is 1. The van der Waals surface area contributed by atoms with Crippen molar-refractivity contribution in [2.45, 2.75) is 37.6 Å². The fourth-order valence-corrected chi connectivity index (χ4v) is 3.71. The quantitative estimate of drug-likeness (QED) is 0.699. The minimum atomic E-state index is -0.803. The fourth-order valence-electron chi connectivity index (χ4n) is 2.79. The number of halogens is 1. The first kappa shape index (κ1) is 19.1. The molecule has 132 valence electrons. The molecule has 2 N–H and O–H groups in total. The van der Waals surface area contributed by atoms with Crippen LogP contribution < -0.4 is 5.32 Å². The summed E-state index contributed by atoms with van der Waals surface area (Å²) < 4.78 is 0. The second kappa shape index (κ2) is 9.30. The molecule has 0 bridgehead atoms. The van der Waals surface area contributed by atoms with Gasteiger partial charge in [0.15, 0.2) is 0 Å². The Morgan fingerprint density at radius 2 is 2.00 bits per heavy atom. The predicted octanol–water partition coefficient (Wildman–Crippen LogP) is 2.63. The van der Waals surface area contributed by atoms with E-state index >= 15 is 0 Å². The number of thioether (sulfide) groups is 1. The molecule has 1 fully saturated rings. The third kappa shape index (κ3) is 6.00. The standard InChI is InChI=1S/C17H23ClN2O3S/c1-2-20(9-17(22)23)15-7-14(8-15)19-16(21)11-24-10-12-3-5-13(18)6-4-12/h3-6,14-15H,2,7-11H2,1H3,(H,19,21)(H,22,23). The lowest BCUT2D eigenvalue weighted by Gasteiger charge is -2.42. The summed E-state index contributed by atoms with van der Waals surface area (Å²) in [4.78, 5) is 24.7. The molecule has 0 spiro atoms. The Hall–Kier alpha value is -1.24. The zero-order valence-electron chi connectivity index (χ0n) is 13.7. The minimum absolute atomic E-state index is 0.0405. The van der Waals surface area contributed by atoms with Crippen molar-refractivity contribution in [3.63, 3.8) is 0 Å². The van der Waals surface area contributed by atoms with Crippen LogP contribution in [-0.4, -0.2) is 52.8 Å². The number of nitrogens with one attached hydrogen (secondary N) is 1. The van der Waals surface area contributed by atoms with Crippen LogP contribution in [-0.2, 0) is 15.3 Å². The van der Waals surface area contributed by atoms with Crippen LogP contribution in [0.4, 0.5) is 0 Å². The summed E-state index contributed by atoms with van der Waals surface area (Å²) in [5, 5.41) is 12.6. The third-order valence-electron chi connectivity index (χ3n) is 4.15. The van der Waals surface area contributed by atoms with Gasteiger partial charge in [-0.2, -0.15) is 0 Å². The van der Waals surface area contributed by atoms with E-state index in [9.17, 15) is 9.59 Å². The Bertz CT molecular complexity index is 561. The van der Waals surface area contributed by atoms with Crippen molar-refractivity contribution in [2.75, 3.05) is 18.8 Å². The first-order chi connectivity index (χ1) is 11.5. The predicted molar refractivity (Wildman–Crippen MR) is 97.4 cm³/mol. The molecule has 0 aliphatic heterocycles. The molecular formula is C17H23ClN2O3S. The van der Waals surface area contributed by atoms with Crippen molar-refractivity contribution in [1.82, 2.24) is 10.2 Å². The molecular weight excluding hydrogens is 348 g/mol. The van der Waals surface area contributed by atoms with E-state index in [0.29, 0.717) is 17.3 Å². The Kier molecular flexibility index (Phi) is 7.40. The summed E-state index contributed by atoms with van der Waals surface area (Å²) in [6.07, 6.45) is 1.66. The lowest BCUT2D eigenvalue weighted by Crippen LogP contribution is -2.55. The van der Waals surface area contributed by atoms with Crippen molar-refractivity contribution in [3.8, 4) is 0 Å². The molecule has 2 rings (SSSR count). The van der Waals surface area contributed by atoms with Gasteiger partial charge in [0.1, 0.15) is 0 Å². The molecule has 5 nitrogen and oxygen atoms in total. The van der Waals surface area contributed by atoms with Gasteiger partial charge in [-0.05, 0) is 37.1 Å². The summed E-state index contributed by atoms with van der Waals surface area (Å²) in [5.41, 5.74) is 1.15. The zero-order valence-corrected chi connectivity index (χ0v) is 15.3. The van der Waals surface area contributed by atoms with Crippen molar-refractivity contribution < 1.29 is 14.7 Å². The van der Waals surface area contributed by atoms with Gasteiger partial charge in [0.25, 0.3) is 0 Å². The van der Waals surface area contributed by atoms with E-state index in [1.807, 2.05) is 36.1 Å². The van der Waals surface area contributed by atoms with Crippen LogP contribution in [0.3, 0.4) is 0 Å². The topological polar surface area (TPSA) is 69.6 Å². The monoisotopic (exact) mass is 370 g/mol. The minimum Gasteiger partial charge on any atom is -0.480 e. The number of amides is 1. The molecule has 0 heterocycles. The number of rotatable bonds is 9. The number of carbonyl (C=O) groups is 2. The Balaban J connectivity index is 1.62. The van der Waals surface area contributed by atoms with Gasteiger partial charge in [0.05, 0.1) is 12.3 Å². The average Bonchev–Trinajstić information content (AvgIpc) is 2.50. The summed E-state index contributed by atoms with van der Waals surface area (Å²) in [7, 11) is 0. The van der Waals surface area contributed by atoms with Crippen molar-refractivity contribution in [1.29, 1.82) is 0 Å². The third-order valence-corrected chi connectivity index (χ3v) is 5.41. The van der Waals surface area contributed by atoms with E-state index in [4.69, 9.17) is 16.7 Å². The number of carboxylic acids is 1. The number of carboxylic acid groups (broad SMARTS) is 1. The highest BCUT2D eigenvalue weighted by atomic mass is 35.5. The van der Waals surface area contributed by atoms with Gasteiger partial charge in [-0.25, -0.2) is 0 Å². The maximum absolute atomic E-state index is 12.0. The molecule has 1 aliphatic carbocycles. The van der Waals surface area contributed by atoms with E-state index in [1.54, 1.807) is 11.8 Å². The summed E-state index contributed by atoms with van der Waals surface area (Å²) in [6.45, 7) is 2.75. The maximum Gasteiger partial charge on any atom is 0.317 e. The Morgan fingerprint density at radius 3 is 2.58 bits per heavy atom. The van der Waals surface area contributed by atoms with Gasteiger partial charge >= 0.3 is 5.97 Å². The highest BCUT2D eigenvalue weighted by molar-refractivity contribution is 7.99. The molecule has 24 heavy (non-hydrogen) atoms. The first-order valence-corrected chi connectivity index (χ1v) is 9.58. The smallest absolute Gasteiger partial charge is 0.317 e. The lowest BCUT2D eigenvalue weighted by molar-refractivity contribution is -0.139. The van der Waals surface area contributed by atoms with Gasteiger partial charge in [-0.3, -0.25) is 14.5 Å². The molecule has 1 aromatic carbocycles. The Labute approximate surface area is 151 Å². The molecule has 0 atom stereocenters. The Morgan fingerprint density at radius 1 is 1.33 bits per heavy atom. The van der Waals surface area contributed by atoms with E-state index in [2.05, 4.69) is 5.32 Å². The van der Waals surface area contributed by atoms with Gasteiger partial charge < -0.3 is 10.4 Å². The summed E-state index contributed by atoms with van der Waals surface area (Å²) >= 11 is 7.41. The molecule has 0 unspecified atom stereocenters. The van der Waals surface area contributed by atoms with Crippen LogP contribution in [0.5, 0.6) is 0 Å². The van der Waals surface area contributed by atoms with E-state index < -0.39 is 5.97 Å². The van der Waals surface area contributed by atoms with E-state index in [-0.39, 0.29) is 24.5 Å². The average molecular weight is 371 g/mol. The number of likely N-dealkylation sites (N-methyl/N-ethyl adjacent to an activating group) is 1. The first-order valence-electron chi connectivity index (χ1n) is 8.05. The summed E-state index contributed by atoms with van der Waals surface area (Å²) in [6, 6.07) is 8.06. The molecule has 0 aromatic heterocycles. The van der Waals surface area contributed by atoms with Crippen LogP contribution in [0, 0.1) is 0 Å². The molecule has 1 aliphatic rings. The largest absolute Gasteiger partial charge is 0.480 e. The normalized spacial score (nSPS) is 19.8. The molecule has 1 aromatic rings. The lowest BCUT2D eigenvalue weighted by atomic mass is 9.85. The second-order valence-electron chi connectivity index (χ2n) is 5.97. The SMILES string of the molecule is CCN(CC(=O)O)C1CC(NC(=O)CSCc2ccc(Cl)cc2)C1. The number of hydrogen-bond acceptors (Lipinski definition) is 4. The highest BCUT2D eigenvalue weighted by Gasteiger charge is 2.34. The number of hydrogen-bond donors (Lipinski definition) is 2. The number of nitrogens with zero attached hydrogens (tertiary/aromatic N) is 1. The van der Waals surface area contributed by atoms with Gasteiger partial charge in [-0.1, -0.05) is 30.7 Å². The summed E-state index contributed by atoms with van der Waals surface area (Å²) in [5.74, 6) is 0.442.